The standard InChI is InChI=1S/C28H40N2O2/c1-6-7-16-29-28(31)32-25-17-26(30-18-25)27(23-12-8-21(9-13-23)19(2)3)24-14-10-22(11-15-24)20(4)5/h8-15,19-20,25-27,30H,6-7,16-18H2,1-5H3,(H,29,31)/t25-,26-/m1/s1. The van der Waals surface area contributed by atoms with E-state index in [1.807, 2.05) is 0 Å². The normalized spacial score (nSPS) is 18.5. The summed E-state index contributed by atoms with van der Waals surface area (Å²) in [5.74, 6) is 1.25. The van der Waals surface area contributed by atoms with E-state index in [-0.39, 0.29) is 24.2 Å². The highest BCUT2D eigenvalue weighted by Crippen LogP contribution is 2.34. The van der Waals surface area contributed by atoms with E-state index in [9.17, 15) is 4.79 Å². The summed E-state index contributed by atoms with van der Waals surface area (Å²) in [6, 6.07) is 18.3. The van der Waals surface area contributed by atoms with Crippen LogP contribution in [0.15, 0.2) is 48.5 Å². The Bertz CT molecular complexity index is 791. The summed E-state index contributed by atoms with van der Waals surface area (Å²) in [4.78, 5) is 12.1. The van der Waals surface area contributed by atoms with Gasteiger partial charge in [-0.3, -0.25) is 0 Å². The number of carbonyl (C=O) groups is 1. The van der Waals surface area contributed by atoms with Gasteiger partial charge in [-0.2, -0.15) is 0 Å². The van der Waals surface area contributed by atoms with Crippen LogP contribution in [-0.2, 0) is 4.74 Å². The molecule has 2 aromatic carbocycles. The summed E-state index contributed by atoms with van der Waals surface area (Å²) < 4.78 is 5.70. The van der Waals surface area contributed by atoms with Crippen molar-refractivity contribution in [2.24, 2.45) is 0 Å². The summed E-state index contributed by atoms with van der Waals surface area (Å²) in [5, 5.41) is 6.51. The number of benzene rings is 2. The lowest BCUT2D eigenvalue weighted by Crippen LogP contribution is -2.30. The van der Waals surface area contributed by atoms with E-state index < -0.39 is 0 Å². The molecule has 4 nitrogen and oxygen atoms in total. The molecule has 1 amide bonds. The quantitative estimate of drug-likeness (QED) is 0.452. The number of rotatable bonds is 9. The summed E-state index contributed by atoms with van der Waals surface area (Å²) >= 11 is 0. The van der Waals surface area contributed by atoms with Crippen molar-refractivity contribution in [1.29, 1.82) is 0 Å². The number of nitrogens with one attached hydrogen (secondary N) is 2. The van der Waals surface area contributed by atoms with Gasteiger partial charge in [0.1, 0.15) is 6.10 Å². The molecule has 0 aliphatic carbocycles. The van der Waals surface area contributed by atoms with Gasteiger partial charge in [-0.15, -0.1) is 0 Å². The van der Waals surface area contributed by atoms with E-state index in [1.54, 1.807) is 0 Å². The fourth-order valence-corrected chi connectivity index (χ4v) is 4.47. The van der Waals surface area contributed by atoms with Crippen molar-refractivity contribution < 1.29 is 9.53 Å². The van der Waals surface area contributed by atoms with E-state index >= 15 is 0 Å². The molecule has 4 heteroatoms. The fourth-order valence-electron chi connectivity index (χ4n) is 4.47. The molecule has 3 rings (SSSR count). The predicted molar refractivity (Wildman–Crippen MR) is 132 cm³/mol. The van der Waals surface area contributed by atoms with Crippen molar-refractivity contribution in [2.45, 2.75) is 83.8 Å². The van der Waals surface area contributed by atoms with Crippen LogP contribution in [0.2, 0.25) is 0 Å². The van der Waals surface area contributed by atoms with Crippen LogP contribution in [0.25, 0.3) is 0 Å². The molecule has 174 valence electrons. The third kappa shape index (κ3) is 6.35. The molecular formula is C28H40N2O2. The van der Waals surface area contributed by atoms with Gasteiger partial charge in [0.15, 0.2) is 0 Å². The zero-order valence-electron chi connectivity index (χ0n) is 20.4. The van der Waals surface area contributed by atoms with Crippen LogP contribution in [0.3, 0.4) is 0 Å². The van der Waals surface area contributed by atoms with Gasteiger partial charge in [0.2, 0.25) is 0 Å². The lowest BCUT2D eigenvalue weighted by Gasteiger charge is -2.26. The second kappa shape index (κ2) is 11.5. The minimum absolute atomic E-state index is 0.103. The molecule has 0 unspecified atom stereocenters. The lowest BCUT2D eigenvalue weighted by atomic mass is 9.82. The van der Waals surface area contributed by atoms with E-state index in [0.29, 0.717) is 24.9 Å². The van der Waals surface area contributed by atoms with Gasteiger partial charge in [-0.25, -0.2) is 4.79 Å². The molecule has 1 saturated heterocycles. The Morgan fingerprint density at radius 3 is 1.91 bits per heavy atom. The summed E-state index contributed by atoms with van der Waals surface area (Å²) in [7, 11) is 0. The van der Waals surface area contributed by atoms with Crippen molar-refractivity contribution >= 4 is 6.09 Å². The molecule has 0 bridgehead atoms. The monoisotopic (exact) mass is 436 g/mol. The maximum atomic E-state index is 12.1. The second-order valence-electron chi connectivity index (χ2n) is 9.68. The fraction of sp³-hybridized carbons (Fsp3) is 0.536. The SMILES string of the molecule is CCCCNC(=O)O[C@H]1CN[C@@H](C(c2ccc(C(C)C)cc2)c2ccc(C(C)C)cc2)C1. The molecule has 2 atom stereocenters. The second-order valence-corrected chi connectivity index (χ2v) is 9.68. The van der Waals surface area contributed by atoms with E-state index in [1.165, 1.54) is 22.3 Å². The lowest BCUT2D eigenvalue weighted by molar-refractivity contribution is 0.106. The van der Waals surface area contributed by atoms with Gasteiger partial charge in [-0.1, -0.05) is 89.6 Å². The van der Waals surface area contributed by atoms with Crippen LogP contribution in [0, 0.1) is 0 Å². The first-order chi connectivity index (χ1) is 15.4. The first-order valence-electron chi connectivity index (χ1n) is 12.3. The largest absolute Gasteiger partial charge is 0.445 e. The number of alkyl carbamates (subject to hydrolysis) is 1. The number of amides is 1. The smallest absolute Gasteiger partial charge is 0.407 e. The zero-order valence-corrected chi connectivity index (χ0v) is 20.4. The van der Waals surface area contributed by atoms with Gasteiger partial charge in [0, 0.05) is 31.5 Å². The third-order valence-electron chi connectivity index (χ3n) is 6.52. The van der Waals surface area contributed by atoms with Crippen LogP contribution in [0.5, 0.6) is 0 Å². The number of carbonyl (C=O) groups excluding carboxylic acids is 1. The topological polar surface area (TPSA) is 50.4 Å². The molecule has 2 aromatic rings. The highest BCUT2D eigenvalue weighted by atomic mass is 16.6. The summed E-state index contributed by atoms with van der Waals surface area (Å²) in [5.41, 5.74) is 5.31. The molecule has 1 aliphatic rings. The average molecular weight is 437 g/mol. The molecule has 2 N–H and O–H groups in total. The maximum Gasteiger partial charge on any atom is 0.407 e. The minimum atomic E-state index is -0.301. The van der Waals surface area contributed by atoms with E-state index in [0.717, 1.165) is 19.3 Å². The Hall–Kier alpha value is -2.33. The number of ether oxygens (including phenoxy) is 1. The van der Waals surface area contributed by atoms with Gasteiger partial charge < -0.3 is 15.4 Å². The van der Waals surface area contributed by atoms with E-state index in [2.05, 4.69) is 93.8 Å². The molecule has 0 saturated carbocycles. The maximum absolute atomic E-state index is 12.1. The van der Waals surface area contributed by atoms with Crippen LogP contribution < -0.4 is 10.6 Å². The van der Waals surface area contributed by atoms with Crippen LogP contribution in [-0.4, -0.2) is 31.3 Å². The highest BCUT2D eigenvalue weighted by molar-refractivity contribution is 5.67. The Kier molecular flexibility index (Phi) is 8.75. The van der Waals surface area contributed by atoms with Gasteiger partial charge in [0.25, 0.3) is 0 Å². The van der Waals surface area contributed by atoms with Gasteiger partial charge in [0.05, 0.1) is 0 Å². The zero-order chi connectivity index (χ0) is 23.1. The Balaban J connectivity index is 1.77. The number of unbranched alkanes of at least 4 members (excludes halogenated alkanes) is 1. The van der Waals surface area contributed by atoms with Crippen molar-refractivity contribution in [3.8, 4) is 0 Å². The van der Waals surface area contributed by atoms with Gasteiger partial charge >= 0.3 is 6.09 Å². The first-order valence-corrected chi connectivity index (χ1v) is 12.3. The molecule has 32 heavy (non-hydrogen) atoms. The molecule has 1 aliphatic heterocycles. The van der Waals surface area contributed by atoms with Crippen molar-refractivity contribution in [3.05, 3.63) is 70.8 Å². The summed E-state index contributed by atoms with van der Waals surface area (Å²) in [6.45, 7) is 12.4. The number of hydrogen-bond donors (Lipinski definition) is 2. The Labute approximate surface area is 194 Å². The number of hydrogen-bond acceptors (Lipinski definition) is 3. The molecular weight excluding hydrogens is 396 g/mol. The van der Waals surface area contributed by atoms with E-state index in [4.69, 9.17) is 4.74 Å². The third-order valence-corrected chi connectivity index (χ3v) is 6.52. The van der Waals surface area contributed by atoms with Crippen molar-refractivity contribution in [1.82, 2.24) is 10.6 Å². The molecule has 0 spiro atoms. The van der Waals surface area contributed by atoms with Crippen molar-refractivity contribution in [3.63, 3.8) is 0 Å². The highest BCUT2D eigenvalue weighted by Gasteiger charge is 2.34. The molecule has 0 radical (unpaired) electrons. The van der Waals surface area contributed by atoms with Gasteiger partial charge in [-0.05, 0) is 40.5 Å². The minimum Gasteiger partial charge on any atom is -0.445 e. The van der Waals surface area contributed by atoms with Crippen LogP contribution >= 0.6 is 0 Å². The average Bonchev–Trinajstić information content (AvgIpc) is 3.22. The molecule has 1 heterocycles. The Morgan fingerprint density at radius 2 is 1.44 bits per heavy atom. The Morgan fingerprint density at radius 1 is 0.938 bits per heavy atom. The van der Waals surface area contributed by atoms with Crippen LogP contribution in [0.1, 0.15) is 93.9 Å². The van der Waals surface area contributed by atoms with Crippen molar-refractivity contribution in [2.75, 3.05) is 13.1 Å². The molecule has 1 fully saturated rings. The molecule has 0 aromatic heterocycles. The predicted octanol–water partition coefficient (Wildman–Crippen LogP) is 6.32. The van der Waals surface area contributed by atoms with Crippen LogP contribution in [0.4, 0.5) is 4.79 Å². The summed E-state index contributed by atoms with van der Waals surface area (Å²) in [6.07, 6.45) is 2.44. The first kappa shape index (κ1) is 24.3.